The largest absolute Gasteiger partial charge is 0.495 e. The molecule has 7 heteroatoms. The number of amidine groups is 1. The molecule has 0 saturated heterocycles. The van der Waals surface area contributed by atoms with Gasteiger partial charge in [-0.05, 0) is 12.1 Å². The number of rotatable bonds is 3. The van der Waals surface area contributed by atoms with Gasteiger partial charge in [0.25, 0.3) is 0 Å². The molecule has 100 valence electrons. The number of methoxy groups -OCH3 is 1. The van der Waals surface area contributed by atoms with Crippen LogP contribution in [-0.2, 0) is 9.59 Å². The number of anilines is 1. The number of carbonyl (C=O) groups excluding carboxylic acids is 2. The number of para-hydroxylation sites is 2. The van der Waals surface area contributed by atoms with E-state index in [2.05, 4.69) is 10.3 Å². The van der Waals surface area contributed by atoms with Gasteiger partial charge in [-0.1, -0.05) is 23.9 Å². The third-order valence-corrected chi connectivity index (χ3v) is 3.51. The van der Waals surface area contributed by atoms with Crippen LogP contribution in [0.5, 0.6) is 5.75 Å². The number of ether oxygens (including phenoxy) is 1. The minimum Gasteiger partial charge on any atom is -0.495 e. The van der Waals surface area contributed by atoms with Gasteiger partial charge < -0.3 is 15.8 Å². The lowest BCUT2D eigenvalue weighted by molar-refractivity contribution is -0.121. The average Bonchev–Trinajstić information content (AvgIpc) is 2.38. The fraction of sp³-hybridized carbons (Fsp3) is 0.250. The van der Waals surface area contributed by atoms with Gasteiger partial charge in [0, 0.05) is 0 Å². The molecule has 1 atom stereocenters. The lowest BCUT2D eigenvalue weighted by atomic mass is 10.2. The monoisotopic (exact) mass is 279 g/mol. The van der Waals surface area contributed by atoms with E-state index in [0.29, 0.717) is 11.4 Å². The molecule has 1 aromatic carbocycles. The van der Waals surface area contributed by atoms with E-state index < -0.39 is 5.25 Å². The third kappa shape index (κ3) is 3.25. The first-order chi connectivity index (χ1) is 9.10. The van der Waals surface area contributed by atoms with E-state index in [1.54, 1.807) is 24.3 Å². The zero-order valence-electron chi connectivity index (χ0n) is 10.3. The second-order valence-corrected chi connectivity index (χ2v) is 5.07. The van der Waals surface area contributed by atoms with Crippen molar-refractivity contribution in [3.63, 3.8) is 0 Å². The van der Waals surface area contributed by atoms with E-state index in [4.69, 9.17) is 10.5 Å². The Kier molecular flexibility index (Phi) is 4.06. The molecule has 2 rings (SSSR count). The van der Waals surface area contributed by atoms with Crippen molar-refractivity contribution in [1.82, 2.24) is 0 Å². The molecule has 1 aliphatic rings. The molecular weight excluding hydrogens is 266 g/mol. The number of carbonyl (C=O) groups is 2. The van der Waals surface area contributed by atoms with Crippen molar-refractivity contribution in [2.45, 2.75) is 11.7 Å². The van der Waals surface area contributed by atoms with Gasteiger partial charge in [-0.15, -0.1) is 0 Å². The maximum Gasteiger partial charge on any atom is 0.249 e. The summed E-state index contributed by atoms with van der Waals surface area (Å²) < 4.78 is 5.14. The Labute approximate surface area is 114 Å². The molecule has 0 radical (unpaired) electrons. The lowest BCUT2D eigenvalue weighted by Gasteiger charge is -2.18. The number of hydrogen-bond donors (Lipinski definition) is 2. The van der Waals surface area contributed by atoms with Gasteiger partial charge in [0.2, 0.25) is 11.8 Å². The van der Waals surface area contributed by atoms with E-state index in [0.717, 1.165) is 11.8 Å². The summed E-state index contributed by atoms with van der Waals surface area (Å²) in [5.41, 5.74) is 6.05. The van der Waals surface area contributed by atoms with Gasteiger partial charge in [0.15, 0.2) is 5.17 Å². The molecule has 1 heterocycles. The van der Waals surface area contributed by atoms with E-state index in [9.17, 15) is 9.59 Å². The van der Waals surface area contributed by atoms with Crippen LogP contribution in [0, 0.1) is 0 Å². The van der Waals surface area contributed by atoms with Crippen molar-refractivity contribution in [3.05, 3.63) is 24.3 Å². The van der Waals surface area contributed by atoms with Crippen LogP contribution in [0.4, 0.5) is 5.69 Å². The number of nitrogens with one attached hydrogen (secondary N) is 1. The standard InChI is InChI=1S/C12H13N3O3S/c1-18-8-5-3-2-4-7(8)14-11(17)9-6-10(16)15-12(13)19-9/h2-5,9H,6H2,1H3,(H,14,17)(H2,13,15,16). The Morgan fingerprint density at radius 1 is 1.53 bits per heavy atom. The molecule has 2 amide bonds. The molecule has 0 spiro atoms. The SMILES string of the molecule is COc1ccccc1NC(=O)C1CC(=O)N=C(N)S1. The van der Waals surface area contributed by atoms with Crippen LogP contribution >= 0.6 is 11.8 Å². The van der Waals surface area contributed by atoms with E-state index in [-0.39, 0.29) is 23.4 Å². The van der Waals surface area contributed by atoms with Gasteiger partial charge in [-0.25, -0.2) is 0 Å². The summed E-state index contributed by atoms with van der Waals surface area (Å²) in [5.74, 6) is -0.109. The van der Waals surface area contributed by atoms with E-state index in [1.807, 2.05) is 0 Å². The molecule has 19 heavy (non-hydrogen) atoms. The van der Waals surface area contributed by atoms with Crippen LogP contribution in [-0.4, -0.2) is 29.3 Å². The van der Waals surface area contributed by atoms with Gasteiger partial charge in [0.05, 0.1) is 19.2 Å². The smallest absolute Gasteiger partial charge is 0.249 e. The highest BCUT2D eigenvalue weighted by atomic mass is 32.2. The fourth-order valence-electron chi connectivity index (χ4n) is 1.65. The number of nitrogens with zero attached hydrogens (tertiary/aromatic N) is 1. The first-order valence-electron chi connectivity index (χ1n) is 5.57. The molecule has 1 aliphatic heterocycles. The quantitative estimate of drug-likeness (QED) is 0.860. The van der Waals surface area contributed by atoms with Crippen molar-refractivity contribution >= 4 is 34.4 Å². The zero-order chi connectivity index (χ0) is 13.8. The van der Waals surface area contributed by atoms with Crippen LogP contribution in [0.15, 0.2) is 29.3 Å². The summed E-state index contributed by atoms with van der Waals surface area (Å²) in [6, 6.07) is 7.05. The van der Waals surface area contributed by atoms with E-state index in [1.165, 1.54) is 7.11 Å². The number of thioether (sulfide) groups is 1. The predicted molar refractivity (Wildman–Crippen MR) is 74.2 cm³/mol. The molecule has 6 nitrogen and oxygen atoms in total. The Morgan fingerprint density at radius 2 is 2.26 bits per heavy atom. The molecule has 0 saturated carbocycles. The minimum absolute atomic E-state index is 0.0480. The second-order valence-electron chi connectivity index (χ2n) is 3.84. The summed E-state index contributed by atoms with van der Waals surface area (Å²) in [6.07, 6.45) is 0.0480. The number of benzene rings is 1. The van der Waals surface area contributed by atoms with Crippen LogP contribution in [0.1, 0.15) is 6.42 Å². The van der Waals surface area contributed by atoms with Crippen LogP contribution in [0.2, 0.25) is 0 Å². The van der Waals surface area contributed by atoms with Crippen LogP contribution < -0.4 is 15.8 Å². The molecule has 0 bridgehead atoms. The number of amides is 2. The van der Waals surface area contributed by atoms with Crippen molar-refractivity contribution in [3.8, 4) is 5.75 Å². The Hall–Kier alpha value is -2.02. The molecule has 1 unspecified atom stereocenters. The predicted octanol–water partition coefficient (Wildman–Crippen LogP) is 0.980. The number of aliphatic imine (C=N–C) groups is 1. The van der Waals surface area contributed by atoms with Crippen LogP contribution in [0.3, 0.4) is 0 Å². The summed E-state index contributed by atoms with van der Waals surface area (Å²) in [6.45, 7) is 0. The normalized spacial score (nSPS) is 18.7. The molecule has 1 aromatic rings. The summed E-state index contributed by atoms with van der Waals surface area (Å²) in [5, 5.41) is 2.29. The maximum atomic E-state index is 12.1. The van der Waals surface area contributed by atoms with Gasteiger partial charge in [0.1, 0.15) is 11.0 Å². The van der Waals surface area contributed by atoms with Gasteiger partial charge >= 0.3 is 0 Å². The van der Waals surface area contributed by atoms with E-state index >= 15 is 0 Å². The van der Waals surface area contributed by atoms with Crippen molar-refractivity contribution in [2.24, 2.45) is 10.7 Å². The highest BCUT2D eigenvalue weighted by Crippen LogP contribution is 2.26. The Balaban J connectivity index is 2.09. The summed E-state index contributed by atoms with van der Waals surface area (Å²) in [4.78, 5) is 26.9. The molecule has 0 aromatic heterocycles. The fourth-order valence-corrected chi connectivity index (χ4v) is 2.49. The topological polar surface area (TPSA) is 93.8 Å². The first kappa shape index (κ1) is 13.4. The van der Waals surface area contributed by atoms with Crippen LogP contribution in [0.25, 0.3) is 0 Å². The summed E-state index contributed by atoms with van der Waals surface area (Å²) in [7, 11) is 1.52. The average molecular weight is 279 g/mol. The second kappa shape index (κ2) is 5.75. The molecule has 0 aliphatic carbocycles. The van der Waals surface area contributed by atoms with Crippen molar-refractivity contribution in [2.75, 3.05) is 12.4 Å². The molecular formula is C12H13N3O3S. The highest BCUT2D eigenvalue weighted by Gasteiger charge is 2.28. The van der Waals surface area contributed by atoms with Crippen molar-refractivity contribution in [1.29, 1.82) is 0 Å². The minimum atomic E-state index is -0.560. The first-order valence-corrected chi connectivity index (χ1v) is 6.45. The number of nitrogens with two attached hydrogens (primary N) is 1. The maximum absolute atomic E-state index is 12.1. The Bertz CT molecular complexity index is 545. The molecule has 3 N–H and O–H groups in total. The number of hydrogen-bond acceptors (Lipinski definition) is 5. The lowest BCUT2D eigenvalue weighted by Crippen LogP contribution is -2.33. The van der Waals surface area contributed by atoms with Gasteiger partial charge in [-0.3, -0.25) is 9.59 Å². The molecule has 0 fully saturated rings. The Morgan fingerprint density at radius 3 is 2.95 bits per heavy atom. The van der Waals surface area contributed by atoms with Crippen molar-refractivity contribution < 1.29 is 14.3 Å². The zero-order valence-corrected chi connectivity index (χ0v) is 11.1. The third-order valence-electron chi connectivity index (χ3n) is 2.52. The highest BCUT2D eigenvalue weighted by molar-refractivity contribution is 8.15. The summed E-state index contributed by atoms with van der Waals surface area (Å²) >= 11 is 1.08. The van der Waals surface area contributed by atoms with Gasteiger partial charge in [-0.2, -0.15) is 4.99 Å².